The summed E-state index contributed by atoms with van der Waals surface area (Å²) < 4.78 is 0. The second-order valence-electron chi connectivity index (χ2n) is 7.66. The first-order valence-electron chi connectivity index (χ1n) is 8.80. The summed E-state index contributed by atoms with van der Waals surface area (Å²) in [4.78, 5) is 2.62. The van der Waals surface area contributed by atoms with Crippen LogP contribution in [0.15, 0.2) is 0 Å². The molecule has 0 aromatic heterocycles. The highest BCUT2D eigenvalue weighted by atomic mass is 15.2. The molecule has 2 radical (unpaired) electrons. The predicted octanol–water partition coefficient (Wildman–Crippen LogP) is 5.06. The molecule has 0 bridgehead atoms. The average molecular weight is 277 g/mol. The van der Waals surface area contributed by atoms with Gasteiger partial charge in [0.25, 0.3) is 0 Å². The normalized spacial score (nSPS) is 34.8. The molecule has 116 valence electrons. The third kappa shape index (κ3) is 4.03. The molecule has 0 saturated heterocycles. The lowest BCUT2D eigenvalue weighted by atomic mass is 9.61. The molecular formula is C18H36BN. The summed E-state index contributed by atoms with van der Waals surface area (Å²) in [6.07, 6.45) is 8.79. The highest BCUT2D eigenvalue weighted by Gasteiger charge is 2.42. The van der Waals surface area contributed by atoms with Gasteiger partial charge < -0.3 is 4.90 Å². The molecule has 20 heavy (non-hydrogen) atoms. The molecule has 0 amide bonds. The van der Waals surface area contributed by atoms with Gasteiger partial charge in [0.15, 0.2) is 0 Å². The molecule has 1 aliphatic carbocycles. The molecule has 0 aliphatic heterocycles. The summed E-state index contributed by atoms with van der Waals surface area (Å²) in [5.74, 6) is 1.57. The van der Waals surface area contributed by atoms with Gasteiger partial charge in [-0.15, -0.1) is 0 Å². The molecule has 1 rings (SSSR count). The summed E-state index contributed by atoms with van der Waals surface area (Å²) in [5.41, 5.74) is 0.330. The molecule has 1 nitrogen and oxygen atoms in total. The van der Waals surface area contributed by atoms with Gasteiger partial charge in [-0.05, 0) is 51.6 Å². The summed E-state index contributed by atoms with van der Waals surface area (Å²) >= 11 is 0. The molecular weight excluding hydrogens is 241 g/mol. The van der Waals surface area contributed by atoms with Crippen molar-refractivity contribution in [2.24, 2.45) is 11.8 Å². The van der Waals surface area contributed by atoms with Crippen LogP contribution in [0.25, 0.3) is 0 Å². The maximum absolute atomic E-state index is 6.51. The summed E-state index contributed by atoms with van der Waals surface area (Å²) in [6.45, 7) is 13.0. The van der Waals surface area contributed by atoms with Crippen LogP contribution in [0, 0.1) is 11.8 Å². The van der Waals surface area contributed by atoms with E-state index in [0.29, 0.717) is 5.54 Å². The van der Waals surface area contributed by atoms with Gasteiger partial charge in [0.2, 0.25) is 0 Å². The Balaban J connectivity index is 2.98. The van der Waals surface area contributed by atoms with Gasteiger partial charge >= 0.3 is 0 Å². The van der Waals surface area contributed by atoms with E-state index in [2.05, 4.69) is 46.6 Å². The quantitative estimate of drug-likeness (QED) is 0.484. The van der Waals surface area contributed by atoms with Crippen LogP contribution >= 0.6 is 0 Å². The topological polar surface area (TPSA) is 3.24 Å². The van der Waals surface area contributed by atoms with Gasteiger partial charge in [-0.1, -0.05) is 58.7 Å². The first-order chi connectivity index (χ1) is 9.30. The summed E-state index contributed by atoms with van der Waals surface area (Å²) in [5, 5.41) is 0.0490. The zero-order valence-electron chi connectivity index (χ0n) is 14.8. The van der Waals surface area contributed by atoms with E-state index in [0.717, 1.165) is 11.8 Å². The zero-order valence-corrected chi connectivity index (χ0v) is 14.8. The van der Waals surface area contributed by atoms with Crippen molar-refractivity contribution < 1.29 is 0 Å². The van der Waals surface area contributed by atoms with Crippen molar-refractivity contribution in [1.82, 2.24) is 4.90 Å². The number of rotatable bonds is 6. The smallest absolute Gasteiger partial charge is 0.0742 e. The summed E-state index contributed by atoms with van der Waals surface area (Å²) in [7, 11) is 8.84. The Labute approximate surface area is 129 Å². The van der Waals surface area contributed by atoms with Crippen molar-refractivity contribution in [3.05, 3.63) is 0 Å². The van der Waals surface area contributed by atoms with Crippen molar-refractivity contribution >= 4 is 7.85 Å². The van der Waals surface area contributed by atoms with Crippen LogP contribution in [-0.4, -0.2) is 31.9 Å². The van der Waals surface area contributed by atoms with E-state index >= 15 is 0 Å². The van der Waals surface area contributed by atoms with Gasteiger partial charge in [-0.3, -0.25) is 0 Å². The lowest BCUT2D eigenvalue weighted by Crippen LogP contribution is -2.52. The first-order valence-corrected chi connectivity index (χ1v) is 8.80. The molecule has 0 aromatic rings. The van der Waals surface area contributed by atoms with E-state index in [1.54, 1.807) is 0 Å². The number of hydrogen-bond acceptors (Lipinski definition) is 1. The highest BCUT2D eigenvalue weighted by molar-refractivity contribution is 6.14. The highest BCUT2D eigenvalue weighted by Crippen LogP contribution is 2.49. The minimum Gasteiger partial charge on any atom is -0.301 e. The molecule has 0 spiro atoms. The summed E-state index contributed by atoms with van der Waals surface area (Å²) in [6, 6.07) is 0. The minimum absolute atomic E-state index is 0.0490. The van der Waals surface area contributed by atoms with E-state index in [1.165, 1.54) is 51.5 Å². The second kappa shape index (κ2) is 7.34. The van der Waals surface area contributed by atoms with Gasteiger partial charge in [0.1, 0.15) is 0 Å². The molecule has 4 atom stereocenters. The van der Waals surface area contributed by atoms with Gasteiger partial charge in [0.05, 0.1) is 7.85 Å². The molecule has 4 unspecified atom stereocenters. The number of hydrogen-bond donors (Lipinski definition) is 0. The SMILES string of the molecule is [B]C1(C)CCCC(C(C)(CC)N(C)CCC)C(CC)C1. The third-order valence-corrected chi connectivity index (χ3v) is 6.03. The Bertz CT molecular complexity index is 289. The fourth-order valence-electron chi connectivity index (χ4n) is 4.46. The van der Waals surface area contributed by atoms with Crippen LogP contribution in [0.5, 0.6) is 0 Å². The fraction of sp³-hybridized carbons (Fsp3) is 1.00. The van der Waals surface area contributed by atoms with Gasteiger partial charge in [-0.25, -0.2) is 0 Å². The van der Waals surface area contributed by atoms with Gasteiger partial charge in [-0.2, -0.15) is 0 Å². The van der Waals surface area contributed by atoms with E-state index in [-0.39, 0.29) is 5.31 Å². The Hall–Kier alpha value is 0.0249. The average Bonchev–Trinajstić information content (AvgIpc) is 2.56. The van der Waals surface area contributed by atoms with Crippen LogP contribution in [-0.2, 0) is 0 Å². The van der Waals surface area contributed by atoms with Crippen molar-refractivity contribution in [3.8, 4) is 0 Å². The molecule has 1 aliphatic rings. The maximum Gasteiger partial charge on any atom is 0.0742 e. The molecule has 0 heterocycles. The predicted molar refractivity (Wildman–Crippen MR) is 91.5 cm³/mol. The fourth-order valence-corrected chi connectivity index (χ4v) is 4.46. The Morgan fingerprint density at radius 3 is 2.45 bits per heavy atom. The monoisotopic (exact) mass is 277 g/mol. The van der Waals surface area contributed by atoms with Crippen molar-refractivity contribution in [3.63, 3.8) is 0 Å². The van der Waals surface area contributed by atoms with E-state index in [4.69, 9.17) is 7.85 Å². The van der Waals surface area contributed by atoms with Crippen LogP contribution in [0.4, 0.5) is 0 Å². The van der Waals surface area contributed by atoms with E-state index in [9.17, 15) is 0 Å². The van der Waals surface area contributed by atoms with Crippen molar-refractivity contribution in [2.45, 2.75) is 90.4 Å². The standard InChI is InChI=1S/C18H36BN/c1-7-13-20(6)18(5,9-3)16-11-10-12-17(4,19)14-15(16)8-2/h15-16H,7-14H2,1-6H3. The zero-order chi connectivity index (χ0) is 15.4. The van der Waals surface area contributed by atoms with E-state index in [1.807, 2.05) is 0 Å². The Kier molecular flexibility index (Phi) is 6.63. The Morgan fingerprint density at radius 1 is 1.30 bits per heavy atom. The molecule has 0 aromatic carbocycles. The van der Waals surface area contributed by atoms with E-state index < -0.39 is 0 Å². The van der Waals surface area contributed by atoms with Crippen LogP contribution in [0.1, 0.15) is 79.6 Å². The van der Waals surface area contributed by atoms with Crippen molar-refractivity contribution in [1.29, 1.82) is 0 Å². The molecule has 2 heteroatoms. The molecule has 1 fully saturated rings. The minimum atomic E-state index is 0.0490. The maximum atomic E-state index is 6.51. The van der Waals surface area contributed by atoms with Crippen molar-refractivity contribution in [2.75, 3.05) is 13.6 Å². The van der Waals surface area contributed by atoms with Crippen LogP contribution in [0.3, 0.4) is 0 Å². The van der Waals surface area contributed by atoms with Gasteiger partial charge in [0, 0.05) is 5.54 Å². The first kappa shape index (κ1) is 18.1. The molecule has 1 saturated carbocycles. The lowest BCUT2D eigenvalue weighted by Gasteiger charge is -2.48. The largest absolute Gasteiger partial charge is 0.301 e. The number of nitrogens with zero attached hydrogens (tertiary/aromatic N) is 1. The second-order valence-corrected chi connectivity index (χ2v) is 7.66. The lowest BCUT2D eigenvalue weighted by molar-refractivity contribution is 0.0278. The third-order valence-electron chi connectivity index (χ3n) is 6.03. The van der Waals surface area contributed by atoms with Crippen LogP contribution in [0.2, 0.25) is 5.31 Å². The Morgan fingerprint density at radius 2 is 1.95 bits per heavy atom. The molecule has 0 N–H and O–H groups in total. The van der Waals surface area contributed by atoms with Crippen LogP contribution < -0.4 is 0 Å².